The van der Waals surface area contributed by atoms with E-state index in [4.69, 9.17) is 4.74 Å². The summed E-state index contributed by atoms with van der Waals surface area (Å²) in [7, 11) is 0. The van der Waals surface area contributed by atoms with Crippen molar-refractivity contribution in [2.45, 2.75) is 13.8 Å². The Bertz CT molecular complexity index is 506. The molecule has 0 aliphatic rings. The maximum Gasteiger partial charge on any atom is 0.376 e. The number of ether oxygens (including phenoxy) is 1. The van der Waals surface area contributed by atoms with Gasteiger partial charge in [-0.2, -0.15) is 5.10 Å². The van der Waals surface area contributed by atoms with Crippen LogP contribution in [0.25, 0.3) is 11.0 Å². The average molecular weight is 206 g/mol. The van der Waals surface area contributed by atoms with Gasteiger partial charge in [-0.25, -0.2) is 14.8 Å². The van der Waals surface area contributed by atoms with Crippen molar-refractivity contribution in [1.29, 1.82) is 0 Å². The third-order valence-electron chi connectivity index (χ3n) is 1.93. The number of esters is 1. The molecule has 0 spiro atoms. The van der Waals surface area contributed by atoms with Crippen molar-refractivity contribution < 1.29 is 9.53 Å². The minimum absolute atomic E-state index is 0.0638. The second kappa shape index (κ2) is 3.64. The Labute approximate surface area is 85.7 Å². The highest BCUT2D eigenvalue weighted by Crippen LogP contribution is 2.11. The third-order valence-corrected chi connectivity index (χ3v) is 1.93. The van der Waals surface area contributed by atoms with Crippen LogP contribution in [0.5, 0.6) is 0 Å². The fourth-order valence-electron chi connectivity index (χ4n) is 1.22. The fraction of sp³-hybridized carbons (Fsp3) is 0.333. The van der Waals surface area contributed by atoms with Gasteiger partial charge in [-0.15, -0.1) is 0 Å². The van der Waals surface area contributed by atoms with E-state index in [1.54, 1.807) is 6.92 Å². The molecule has 2 aromatic heterocycles. The molecule has 0 saturated heterocycles. The first kappa shape index (κ1) is 9.57. The van der Waals surface area contributed by atoms with Crippen molar-refractivity contribution in [3.8, 4) is 0 Å². The van der Waals surface area contributed by atoms with Gasteiger partial charge in [0.2, 0.25) is 5.82 Å². The van der Waals surface area contributed by atoms with E-state index >= 15 is 0 Å². The van der Waals surface area contributed by atoms with Crippen molar-refractivity contribution in [2.75, 3.05) is 6.61 Å². The molecule has 6 heteroatoms. The number of carbonyl (C=O) groups excluding carboxylic acids is 1. The zero-order valence-corrected chi connectivity index (χ0v) is 8.44. The number of hydrogen-bond donors (Lipinski definition) is 1. The number of H-pyrrole nitrogens is 1. The third kappa shape index (κ3) is 1.65. The van der Waals surface area contributed by atoms with E-state index in [-0.39, 0.29) is 5.82 Å². The molecule has 0 radical (unpaired) electrons. The number of fused-ring (bicyclic) bond motifs is 1. The molecule has 15 heavy (non-hydrogen) atoms. The van der Waals surface area contributed by atoms with Crippen LogP contribution in [-0.2, 0) is 4.74 Å². The normalized spacial score (nSPS) is 10.5. The predicted octanol–water partition coefficient (Wildman–Crippen LogP) is 0.838. The number of carbonyl (C=O) groups is 1. The molecule has 0 aromatic carbocycles. The Kier molecular flexibility index (Phi) is 2.32. The van der Waals surface area contributed by atoms with Crippen LogP contribution in [0, 0.1) is 6.92 Å². The molecule has 0 amide bonds. The quantitative estimate of drug-likeness (QED) is 0.736. The molecule has 0 aliphatic heterocycles. The monoisotopic (exact) mass is 206 g/mol. The summed E-state index contributed by atoms with van der Waals surface area (Å²) in [4.78, 5) is 19.3. The predicted molar refractivity (Wildman–Crippen MR) is 52.4 cm³/mol. The van der Waals surface area contributed by atoms with Gasteiger partial charge in [0.05, 0.1) is 18.5 Å². The summed E-state index contributed by atoms with van der Waals surface area (Å²) in [6, 6.07) is 0. The summed E-state index contributed by atoms with van der Waals surface area (Å²) in [5.41, 5.74) is 2.09. The van der Waals surface area contributed by atoms with Gasteiger partial charge < -0.3 is 4.74 Å². The summed E-state index contributed by atoms with van der Waals surface area (Å²) in [5.74, 6) is -0.450. The van der Waals surface area contributed by atoms with Crippen LogP contribution >= 0.6 is 0 Å². The Hall–Kier alpha value is -1.98. The van der Waals surface area contributed by atoms with Crippen molar-refractivity contribution in [2.24, 2.45) is 0 Å². The molecule has 0 unspecified atom stereocenters. The molecule has 1 N–H and O–H groups in total. The highest BCUT2D eigenvalue weighted by molar-refractivity contribution is 5.88. The number of nitrogens with one attached hydrogen (secondary N) is 1. The summed E-state index contributed by atoms with van der Waals surface area (Å²) in [6.07, 6.45) is 1.50. The maximum absolute atomic E-state index is 11.3. The summed E-state index contributed by atoms with van der Waals surface area (Å²) in [5, 5.41) is 6.73. The van der Waals surface area contributed by atoms with E-state index in [2.05, 4.69) is 20.2 Å². The molecule has 0 saturated carbocycles. The highest BCUT2D eigenvalue weighted by atomic mass is 16.5. The van der Waals surface area contributed by atoms with Crippen molar-refractivity contribution in [3.63, 3.8) is 0 Å². The molecule has 0 bridgehead atoms. The van der Waals surface area contributed by atoms with Gasteiger partial charge in [0, 0.05) is 0 Å². The first-order chi connectivity index (χ1) is 7.22. The first-order valence-electron chi connectivity index (χ1n) is 4.57. The fourth-order valence-corrected chi connectivity index (χ4v) is 1.22. The minimum Gasteiger partial charge on any atom is -0.460 e. The lowest BCUT2D eigenvalue weighted by atomic mass is 10.3. The second-order valence-electron chi connectivity index (χ2n) is 3.00. The molecular weight excluding hydrogens is 196 g/mol. The van der Waals surface area contributed by atoms with Gasteiger partial charge in [-0.3, -0.25) is 5.10 Å². The number of hydrogen-bond acceptors (Lipinski definition) is 5. The van der Waals surface area contributed by atoms with E-state index in [0.717, 1.165) is 5.69 Å². The first-order valence-corrected chi connectivity index (χ1v) is 4.57. The number of aryl methyl sites for hydroxylation is 1. The lowest BCUT2D eigenvalue weighted by molar-refractivity contribution is 0.0512. The van der Waals surface area contributed by atoms with E-state index in [0.29, 0.717) is 17.6 Å². The van der Waals surface area contributed by atoms with Gasteiger partial charge in [-0.05, 0) is 13.8 Å². The molecule has 6 nitrogen and oxygen atoms in total. The Morgan fingerprint density at radius 1 is 1.60 bits per heavy atom. The summed E-state index contributed by atoms with van der Waals surface area (Å²) in [6.45, 7) is 3.88. The minimum atomic E-state index is -0.514. The van der Waals surface area contributed by atoms with Crippen LogP contribution in [0.3, 0.4) is 0 Å². The Balaban J connectivity index is 2.45. The number of aromatic amines is 1. The van der Waals surface area contributed by atoms with E-state index < -0.39 is 5.97 Å². The number of aromatic nitrogens is 4. The van der Waals surface area contributed by atoms with Crippen molar-refractivity contribution in [3.05, 3.63) is 17.7 Å². The largest absolute Gasteiger partial charge is 0.460 e. The number of rotatable bonds is 2. The van der Waals surface area contributed by atoms with Crippen molar-refractivity contribution >= 4 is 17.0 Å². The second-order valence-corrected chi connectivity index (χ2v) is 3.00. The summed E-state index contributed by atoms with van der Waals surface area (Å²) >= 11 is 0. The van der Waals surface area contributed by atoms with Gasteiger partial charge in [0.15, 0.2) is 0 Å². The SMILES string of the molecule is CCOC(=O)c1ncc2n[nH]c(C)c2n1. The highest BCUT2D eigenvalue weighted by Gasteiger charge is 2.12. The van der Waals surface area contributed by atoms with Crippen LogP contribution in [0.2, 0.25) is 0 Å². The summed E-state index contributed by atoms with van der Waals surface area (Å²) < 4.78 is 4.80. The lowest BCUT2D eigenvalue weighted by Gasteiger charge is -1.99. The van der Waals surface area contributed by atoms with Crippen LogP contribution in [0.4, 0.5) is 0 Å². The van der Waals surface area contributed by atoms with E-state index in [1.165, 1.54) is 6.20 Å². The molecule has 2 heterocycles. The Morgan fingerprint density at radius 3 is 3.13 bits per heavy atom. The van der Waals surface area contributed by atoms with Crippen LogP contribution in [-0.4, -0.2) is 32.7 Å². The molecule has 0 aliphatic carbocycles. The lowest BCUT2D eigenvalue weighted by Crippen LogP contribution is -2.09. The topological polar surface area (TPSA) is 80.8 Å². The van der Waals surface area contributed by atoms with Crippen LogP contribution in [0.1, 0.15) is 23.2 Å². The standard InChI is InChI=1S/C9H10N4O2/c1-3-15-9(14)8-10-4-6-7(11-8)5(2)12-13-6/h4H,3H2,1-2H3,(H,12,13). The van der Waals surface area contributed by atoms with Gasteiger partial charge in [0.25, 0.3) is 0 Å². The van der Waals surface area contributed by atoms with Gasteiger partial charge in [0.1, 0.15) is 11.0 Å². The zero-order valence-electron chi connectivity index (χ0n) is 8.44. The smallest absolute Gasteiger partial charge is 0.376 e. The van der Waals surface area contributed by atoms with Crippen LogP contribution < -0.4 is 0 Å². The maximum atomic E-state index is 11.3. The Morgan fingerprint density at radius 2 is 2.40 bits per heavy atom. The molecule has 0 fully saturated rings. The average Bonchev–Trinajstić information content (AvgIpc) is 2.60. The van der Waals surface area contributed by atoms with Crippen molar-refractivity contribution in [1.82, 2.24) is 20.2 Å². The van der Waals surface area contributed by atoms with Gasteiger partial charge >= 0.3 is 5.97 Å². The van der Waals surface area contributed by atoms with Crippen LogP contribution in [0.15, 0.2) is 6.20 Å². The molecular formula is C9H10N4O2. The molecule has 0 atom stereocenters. The number of nitrogens with zero attached hydrogens (tertiary/aromatic N) is 3. The molecule has 2 aromatic rings. The zero-order chi connectivity index (χ0) is 10.8. The van der Waals surface area contributed by atoms with Gasteiger partial charge in [-0.1, -0.05) is 0 Å². The van der Waals surface area contributed by atoms with E-state index in [9.17, 15) is 4.79 Å². The molecule has 78 valence electrons. The van der Waals surface area contributed by atoms with E-state index in [1.807, 2.05) is 6.92 Å². The molecule has 2 rings (SSSR count).